The molecule has 0 saturated carbocycles. The van der Waals surface area contributed by atoms with Gasteiger partial charge in [-0.2, -0.15) is 0 Å². The number of nitrogens with one attached hydrogen (secondary N) is 5. The molecule has 0 spiro atoms. The fourth-order valence-corrected chi connectivity index (χ4v) is 6.21. The van der Waals surface area contributed by atoms with Gasteiger partial charge in [0.25, 0.3) is 11.8 Å². The number of carbonyl (C=O) groups is 2. The molecule has 61 heavy (non-hydrogen) atoms. The average molecular weight is 857 g/mol. The van der Waals surface area contributed by atoms with Crippen molar-refractivity contribution in [3.8, 4) is 34.8 Å². The Labute approximate surface area is 355 Å². The summed E-state index contributed by atoms with van der Waals surface area (Å²) in [5, 5.41) is 22.3. The zero-order valence-corrected chi connectivity index (χ0v) is 34.9. The third-order valence-corrected chi connectivity index (χ3v) is 9.57. The van der Waals surface area contributed by atoms with Crippen molar-refractivity contribution in [2.24, 2.45) is 0 Å². The van der Waals surface area contributed by atoms with Gasteiger partial charge in [0.05, 0.1) is 40.2 Å². The van der Waals surface area contributed by atoms with E-state index in [4.69, 9.17) is 40.0 Å². The Bertz CT molecular complexity index is 2370. The van der Waals surface area contributed by atoms with Gasteiger partial charge in [0.2, 0.25) is 11.8 Å². The topological polar surface area (TPSA) is 238 Å². The molecule has 1 saturated heterocycles. The molecule has 1 aliphatic rings. The minimum atomic E-state index is -0.513. The standard InChI is InChI=1S/C23H29N7O4.C17H16ClN5O4/c1-14-11-24-12-18(30(14)2)21-22(26-6-5-25-21)23(31)27-19-10-20(29-28-19)34-13-15-7-16(32-3)9-17(8-15)33-4;1-25-11-5-10(6-12(7-11)26-2)9-27-14-8-13(22-23-14)21-17(24)15-16(18)20-4-3-19-15/h5-10,14,18,24H,11-13H2,1-4H3,(H2,27,28,29,31);3-8H,9H2,1-2H3,(H2,21,22,23,24). The Kier molecular flexibility index (Phi) is 14.8. The third kappa shape index (κ3) is 11.6. The summed E-state index contributed by atoms with van der Waals surface area (Å²) in [7, 11) is 8.36. The number of hydrogen-bond donors (Lipinski definition) is 5. The molecule has 5 N–H and O–H groups in total. The second-order valence-corrected chi connectivity index (χ2v) is 13.7. The quantitative estimate of drug-likeness (QED) is 0.0940. The minimum Gasteiger partial charge on any atom is -0.497 e. The number of ether oxygens (including phenoxy) is 6. The number of H-pyrrole nitrogens is 2. The number of halogens is 1. The fourth-order valence-electron chi connectivity index (χ4n) is 6.01. The van der Waals surface area contributed by atoms with Crippen LogP contribution in [0.3, 0.4) is 0 Å². The maximum absolute atomic E-state index is 13.0. The number of amides is 2. The maximum Gasteiger partial charge on any atom is 0.278 e. The number of piperazine rings is 1. The zero-order valence-electron chi connectivity index (χ0n) is 34.2. The fraction of sp³-hybridized carbons (Fsp3) is 0.300. The molecule has 2 unspecified atom stereocenters. The smallest absolute Gasteiger partial charge is 0.278 e. The Morgan fingerprint density at radius 3 is 1.62 bits per heavy atom. The highest BCUT2D eigenvalue weighted by Crippen LogP contribution is 2.27. The van der Waals surface area contributed by atoms with Crippen LogP contribution in [-0.4, -0.2) is 112 Å². The predicted molar refractivity (Wildman–Crippen MR) is 223 cm³/mol. The number of nitrogens with zero attached hydrogens (tertiary/aromatic N) is 7. The highest BCUT2D eigenvalue weighted by molar-refractivity contribution is 6.32. The number of hydrogen-bond acceptors (Lipinski definition) is 16. The van der Waals surface area contributed by atoms with Gasteiger partial charge in [0, 0.05) is 68.2 Å². The van der Waals surface area contributed by atoms with E-state index in [9.17, 15) is 9.59 Å². The van der Waals surface area contributed by atoms with Crippen LogP contribution in [0.25, 0.3) is 0 Å². The van der Waals surface area contributed by atoms with E-state index in [1.54, 1.807) is 58.9 Å². The predicted octanol–water partition coefficient (Wildman–Crippen LogP) is 4.71. The molecule has 1 fully saturated rings. The first-order valence-corrected chi connectivity index (χ1v) is 19.1. The summed E-state index contributed by atoms with van der Waals surface area (Å²) in [5.74, 6) is 3.12. The van der Waals surface area contributed by atoms with Gasteiger partial charge in [-0.3, -0.25) is 29.7 Å². The van der Waals surface area contributed by atoms with Crippen molar-refractivity contribution in [3.05, 3.63) is 107 Å². The van der Waals surface area contributed by atoms with Crippen molar-refractivity contribution in [2.75, 3.05) is 59.2 Å². The lowest BCUT2D eigenvalue weighted by molar-refractivity contribution is 0.100. The molecule has 320 valence electrons. The van der Waals surface area contributed by atoms with Gasteiger partial charge in [0.15, 0.2) is 16.5 Å². The van der Waals surface area contributed by atoms with E-state index in [1.165, 1.54) is 18.6 Å². The molecule has 2 amide bonds. The van der Waals surface area contributed by atoms with E-state index in [0.717, 1.165) is 17.7 Å². The Morgan fingerprint density at radius 2 is 1.13 bits per heavy atom. The number of benzene rings is 2. The van der Waals surface area contributed by atoms with Gasteiger partial charge in [0.1, 0.15) is 47.8 Å². The van der Waals surface area contributed by atoms with Crippen LogP contribution >= 0.6 is 11.6 Å². The summed E-state index contributed by atoms with van der Waals surface area (Å²) >= 11 is 5.85. The molecule has 20 nitrogen and oxygen atoms in total. The lowest BCUT2D eigenvalue weighted by Gasteiger charge is -2.38. The van der Waals surface area contributed by atoms with Gasteiger partial charge in [-0.15, -0.1) is 10.2 Å². The molecular formula is C40H45ClN12O8. The Balaban J connectivity index is 0.000000210. The SMILES string of the molecule is COc1cc(COc2cc(NC(=O)c3nccnc3C3CNCC(C)N3C)[nH]n2)cc(OC)c1.COc1cc(COc2cc(NC(=O)c3nccnc3Cl)[nH]n2)cc(OC)c1. The molecule has 2 aromatic carbocycles. The third-order valence-electron chi connectivity index (χ3n) is 9.29. The van der Waals surface area contributed by atoms with Crippen LogP contribution in [0, 0.1) is 0 Å². The van der Waals surface area contributed by atoms with Gasteiger partial charge >= 0.3 is 0 Å². The molecule has 21 heteroatoms. The van der Waals surface area contributed by atoms with E-state index >= 15 is 0 Å². The summed E-state index contributed by atoms with van der Waals surface area (Å²) in [6.07, 6.45) is 5.90. The highest BCUT2D eigenvalue weighted by atomic mass is 35.5. The monoisotopic (exact) mass is 856 g/mol. The molecule has 0 radical (unpaired) electrons. The molecule has 7 rings (SSSR count). The average Bonchev–Trinajstić information content (AvgIpc) is 3.94. The number of carbonyl (C=O) groups excluding carboxylic acids is 2. The highest BCUT2D eigenvalue weighted by Gasteiger charge is 2.31. The molecular weight excluding hydrogens is 812 g/mol. The van der Waals surface area contributed by atoms with E-state index in [-0.39, 0.29) is 41.7 Å². The zero-order chi connectivity index (χ0) is 43.3. The largest absolute Gasteiger partial charge is 0.497 e. The van der Waals surface area contributed by atoms with Crippen molar-refractivity contribution in [1.29, 1.82) is 0 Å². The molecule has 0 aliphatic carbocycles. The van der Waals surface area contributed by atoms with Crippen LogP contribution in [0.2, 0.25) is 5.15 Å². The van der Waals surface area contributed by atoms with Crippen molar-refractivity contribution < 1.29 is 38.0 Å². The first-order valence-electron chi connectivity index (χ1n) is 18.7. The summed E-state index contributed by atoms with van der Waals surface area (Å²) in [5.41, 5.74) is 2.61. The molecule has 5 heterocycles. The van der Waals surface area contributed by atoms with Crippen LogP contribution in [0.4, 0.5) is 11.6 Å². The Morgan fingerprint density at radius 1 is 0.672 bits per heavy atom. The van der Waals surface area contributed by atoms with E-state index < -0.39 is 5.91 Å². The van der Waals surface area contributed by atoms with Crippen LogP contribution in [0.5, 0.6) is 34.8 Å². The van der Waals surface area contributed by atoms with Gasteiger partial charge in [-0.1, -0.05) is 11.6 Å². The van der Waals surface area contributed by atoms with Gasteiger partial charge in [-0.05, 0) is 49.4 Å². The minimum absolute atomic E-state index is 0.0120. The summed E-state index contributed by atoms with van der Waals surface area (Å²) in [6.45, 7) is 4.19. The van der Waals surface area contributed by atoms with Crippen LogP contribution in [0.1, 0.15) is 50.8 Å². The number of aromatic amines is 2. The molecule has 2 atom stereocenters. The van der Waals surface area contributed by atoms with Crippen LogP contribution in [-0.2, 0) is 13.2 Å². The number of methoxy groups -OCH3 is 4. The van der Waals surface area contributed by atoms with E-state index in [1.807, 2.05) is 31.3 Å². The second kappa shape index (κ2) is 20.8. The van der Waals surface area contributed by atoms with Crippen molar-refractivity contribution >= 4 is 35.1 Å². The second-order valence-electron chi connectivity index (χ2n) is 13.3. The molecule has 6 aromatic rings. The van der Waals surface area contributed by atoms with Gasteiger partial charge < -0.3 is 44.4 Å². The number of likely N-dealkylation sites (N-methyl/N-ethyl adjacent to an activating group) is 1. The first kappa shape index (κ1) is 43.5. The molecule has 0 bridgehead atoms. The lowest BCUT2D eigenvalue weighted by atomic mass is 10.0. The number of rotatable bonds is 15. The summed E-state index contributed by atoms with van der Waals surface area (Å²) in [4.78, 5) is 43.9. The van der Waals surface area contributed by atoms with Crippen molar-refractivity contribution in [1.82, 2.24) is 50.5 Å². The summed E-state index contributed by atoms with van der Waals surface area (Å²) < 4.78 is 32.4. The number of anilines is 2. The van der Waals surface area contributed by atoms with Crippen LogP contribution in [0.15, 0.2) is 73.3 Å². The molecule has 1 aliphatic heterocycles. The van der Waals surface area contributed by atoms with E-state index in [0.29, 0.717) is 64.7 Å². The van der Waals surface area contributed by atoms with Crippen molar-refractivity contribution in [3.63, 3.8) is 0 Å². The van der Waals surface area contributed by atoms with Crippen molar-refractivity contribution in [2.45, 2.75) is 32.2 Å². The summed E-state index contributed by atoms with van der Waals surface area (Å²) in [6, 6.07) is 14.3. The normalized spacial score (nSPS) is 14.8. The Hall–Kier alpha value is -7.03. The molecule has 4 aromatic heterocycles. The maximum atomic E-state index is 13.0. The lowest BCUT2D eigenvalue weighted by Crippen LogP contribution is -2.50. The number of aromatic nitrogens is 8. The van der Waals surface area contributed by atoms with E-state index in [2.05, 4.69) is 68.1 Å². The van der Waals surface area contributed by atoms with Gasteiger partial charge in [-0.25, -0.2) is 15.0 Å². The first-order chi connectivity index (χ1) is 29.6. The van der Waals surface area contributed by atoms with Crippen LogP contribution < -0.4 is 44.4 Å².